The van der Waals surface area contributed by atoms with Crippen molar-refractivity contribution in [2.45, 2.75) is 156 Å². The first-order valence-corrected chi connectivity index (χ1v) is 13.0. The van der Waals surface area contributed by atoms with Gasteiger partial charge in [0.1, 0.15) is 0 Å². The molecule has 0 aromatic carbocycles. The van der Waals surface area contributed by atoms with Gasteiger partial charge in [0.15, 0.2) is 0 Å². The lowest BCUT2D eigenvalue weighted by atomic mass is 9.92. The van der Waals surface area contributed by atoms with Crippen LogP contribution in [-0.2, 0) is 0 Å². The fourth-order valence-electron chi connectivity index (χ4n) is 4.16. The highest BCUT2D eigenvalue weighted by Gasteiger charge is 2.05. The molecule has 0 nitrogen and oxygen atoms in total. The maximum absolute atomic E-state index is 2.51. The highest BCUT2D eigenvalue weighted by Crippen LogP contribution is 2.21. The Morgan fingerprint density at radius 3 is 1.44 bits per heavy atom. The molecule has 0 radical (unpaired) electrons. The Labute approximate surface area is 174 Å². The van der Waals surface area contributed by atoms with E-state index in [4.69, 9.17) is 0 Å². The van der Waals surface area contributed by atoms with Gasteiger partial charge in [-0.05, 0) is 25.2 Å². The summed E-state index contributed by atoms with van der Waals surface area (Å²) >= 11 is 0. The van der Waals surface area contributed by atoms with E-state index in [1.54, 1.807) is 0 Å². The van der Waals surface area contributed by atoms with Crippen LogP contribution in [0.2, 0.25) is 0 Å². The number of allylic oxidation sites excluding steroid dienone is 2. The largest absolute Gasteiger partial charge is 0.0885 e. The summed E-state index contributed by atoms with van der Waals surface area (Å²) < 4.78 is 0. The molecule has 162 valence electrons. The molecular weight excluding hydrogens is 324 g/mol. The molecular formula is C27H54. The zero-order chi connectivity index (χ0) is 19.8. The zero-order valence-corrected chi connectivity index (χ0v) is 19.6. The summed E-state index contributed by atoms with van der Waals surface area (Å²) in [5.41, 5.74) is 0. The van der Waals surface area contributed by atoms with Gasteiger partial charge in [0, 0.05) is 0 Å². The van der Waals surface area contributed by atoms with Crippen molar-refractivity contribution < 1.29 is 0 Å². The molecule has 0 aromatic heterocycles. The first kappa shape index (κ1) is 26.7. The van der Waals surface area contributed by atoms with Gasteiger partial charge in [-0.1, -0.05) is 148 Å². The van der Waals surface area contributed by atoms with Gasteiger partial charge in [0.05, 0.1) is 0 Å². The SMILES string of the molecule is CCCCCCCCCCC/C=C/CC(CCC)CCCCCCCCC. The summed E-state index contributed by atoms with van der Waals surface area (Å²) in [4.78, 5) is 0. The zero-order valence-electron chi connectivity index (χ0n) is 19.6. The van der Waals surface area contributed by atoms with Crippen LogP contribution in [0, 0.1) is 5.92 Å². The van der Waals surface area contributed by atoms with E-state index >= 15 is 0 Å². The monoisotopic (exact) mass is 378 g/mol. The first-order valence-electron chi connectivity index (χ1n) is 13.0. The summed E-state index contributed by atoms with van der Waals surface area (Å²) in [7, 11) is 0. The van der Waals surface area contributed by atoms with E-state index < -0.39 is 0 Å². The molecule has 0 fully saturated rings. The molecule has 0 amide bonds. The molecule has 0 heterocycles. The molecule has 0 aliphatic heterocycles. The Balaban J connectivity index is 3.50. The molecule has 0 aliphatic carbocycles. The fraction of sp³-hybridized carbons (Fsp3) is 0.926. The van der Waals surface area contributed by atoms with Crippen molar-refractivity contribution in [3.63, 3.8) is 0 Å². The van der Waals surface area contributed by atoms with Crippen LogP contribution in [0.25, 0.3) is 0 Å². The lowest BCUT2D eigenvalue weighted by Gasteiger charge is -2.13. The number of rotatable bonds is 22. The van der Waals surface area contributed by atoms with Crippen molar-refractivity contribution in [3.8, 4) is 0 Å². The first-order chi connectivity index (χ1) is 13.3. The van der Waals surface area contributed by atoms with Crippen molar-refractivity contribution >= 4 is 0 Å². The van der Waals surface area contributed by atoms with Crippen LogP contribution in [0.1, 0.15) is 156 Å². The van der Waals surface area contributed by atoms with Crippen LogP contribution in [0.3, 0.4) is 0 Å². The minimum Gasteiger partial charge on any atom is -0.0885 e. The highest BCUT2D eigenvalue weighted by molar-refractivity contribution is 4.84. The van der Waals surface area contributed by atoms with Crippen molar-refractivity contribution in [2.75, 3.05) is 0 Å². The third kappa shape index (κ3) is 21.9. The van der Waals surface area contributed by atoms with Crippen molar-refractivity contribution in [1.29, 1.82) is 0 Å². The van der Waals surface area contributed by atoms with Gasteiger partial charge in [-0.3, -0.25) is 0 Å². The Hall–Kier alpha value is -0.260. The fourth-order valence-corrected chi connectivity index (χ4v) is 4.16. The van der Waals surface area contributed by atoms with E-state index in [-0.39, 0.29) is 0 Å². The van der Waals surface area contributed by atoms with E-state index in [9.17, 15) is 0 Å². The van der Waals surface area contributed by atoms with Crippen molar-refractivity contribution in [2.24, 2.45) is 5.92 Å². The molecule has 0 bridgehead atoms. The van der Waals surface area contributed by atoms with Crippen LogP contribution in [0.5, 0.6) is 0 Å². The van der Waals surface area contributed by atoms with E-state index in [2.05, 4.69) is 32.9 Å². The minimum atomic E-state index is 0.949. The van der Waals surface area contributed by atoms with Gasteiger partial charge in [-0.15, -0.1) is 0 Å². The highest BCUT2D eigenvalue weighted by atomic mass is 14.1. The smallest absolute Gasteiger partial charge is 0.0322 e. The van der Waals surface area contributed by atoms with Crippen molar-refractivity contribution in [3.05, 3.63) is 12.2 Å². The van der Waals surface area contributed by atoms with E-state index in [1.807, 2.05) is 0 Å². The van der Waals surface area contributed by atoms with E-state index in [0.29, 0.717) is 0 Å². The van der Waals surface area contributed by atoms with Gasteiger partial charge in [0.2, 0.25) is 0 Å². The van der Waals surface area contributed by atoms with Gasteiger partial charge in [0.25, 0.3) is 0 Å². The van der Waals surface area contributed by atoms with Gasteiger partial charge in [-0.25, -0.2) is 0 Å². The molecule has 0 saturated carbocycles. The van der Waals surface area contributed by atoms with Crippen LogP contribution in [0.15, 0.2) is 12.2 Å². The number of hydrogen-bond donors (Lipinski definition) is 0. The van der Waals surface area contributed by atoms with Gasteiger partial charge >= 0.3 is 0 Å². The van der Waals surface area contributed by atoms with Gasteiger partial charge < -0.3 is 0 Å². The summed E-state index contributed by atoms with van der Waals surface area (Å²) in [6.45, 7) is 6.95. The maximum Gasteiger partial charge on any atom is -0.0322 e. The molecule has 0 saturated heterocycles. The second kappa shape index (κ2) is 23.8. The average molecular weight is 379 g/mol. The predicted octanol–water partition coefficient (Wildman–Crippen LogP) is 10.4. The lowest BCUT2D eigenvalue weighted by molar-refractivity contribution is 0.422. The summed E-state index contributed by atoms with van der Waals surface area (Å²) in [6.07, 6.45) is 34.9. The Morgan fingerprint density at radius 1 is 0.444 bits per heavy atom. The van der Waals surface area contributed by atoms with E-state index in [1.165, 1.54) is 135 Å². The van der Waals surface area contributed by atoms with E-state index in [0.717, 1.165) is 5.92 Å². The minimum absolute atomic E-state index is 0.949. The third-order valence-electron chi connectivity index (χ3n) is 6.02. The Morgan fingerprint density at radius 2 is 0.926 bits per heavy atom. The number of hydrogen-bond acceptors (Lipinski definition) is 0. The van der Waals surface area contributed by atoms with Crippen LogP contribution in [0.4, 0.5) is 0 Å². The Kier molecular flexibility index (Phi) is 23.5. The Bertz CT molecular complexity index is 278. The quantitative estimate of drug-likeness (QED) is 0.130. The molecule has 0 rings (SSSR count). The van der Waals surface area contributed by atoms with Crippen LogP contribution >= 0.6 is 0 Å². The molecule has 0 aliphatic rings. The molecule has 0 heteroatoms. The third-order valence-corrected chi connectivity index (χ3v) is 6.02. The molecule has 0 N–H and O–H groups in total. The lowest BCUT2D eigenvalue weighted by Crippen LogP contribution is -1.99. The van der Waals surface area contributed by atoms with Crippen LogP contribution in [-0.4, -0.2) is 0 Å². The summed E-state index contributed by atoms with van der Waals surface area (Å²) in [6, 6.07) is 0. The molecule has 0 spiro atoms. The van der Waals surface area contributed by atoms with Crippen LogP contribution < -0.4 is 0 Å². The molecule has 1 unspecified atom stereocenters. The summed E-state index contributed by atoms with van der Waals surface area (Å²) in [5.74, 6) is 0.949. The second-order valence-corrected chi connectivity index (χ2v) is 8.89. The topological polar surface area (TPSA) is 0 Å². The maximum atomic E-state index is 2.51. The standard InChI is InChI=1S/C27H54/c1-4-7-9-11-13-14-15-16-17-19-21-23-26-27(24-6-3)25-22-20-18-12-10-8-5-2/h21,23,27H,4-20,22,24-26H2,1-3H3/b23-21+. The second-order valence-electron chi connectivity index (χ2n) is 8.89. The number of unbranched alkanes of at least 4 members (excludes halogenated alkanes) is 15. The van der Waals surface area contributed by atoms with Gasteiger partial charge in [-0.2, -0.15) is 0 Å². The summed E-state index contributed by atoms with van der Waals surface area (Å²) in [5, 5.41) is 0. The molecule has 1 atom stereocenters. The average Bonchev–Trinajstić information content (AvgIpc) is 2.68. The molecule has 27 heavy (non-hydrogen) atoms. The molecule has 0 aromatic rings. The predicted molar refractivity (Wildman–Crippen MR) is 127 cm³/mol. The van der Waals surface area contributed by atoms with Crippen molar-refractivity contribution in [1.82, 2.24) is 0 Å². The normalized spacial score (nSPS) is 12.9.